The number of anilines is 1. The van der Waals surface area contributed by atoms with Crippen LogP contribution in [0.4, 0.5) is 10.5 Å². The number of hydrogen-bond donors (Lipinski definition) is 3. The summed E-state index contributed by atoms with van der Waals surface area (Å²) >= 11 is 0. The molecule has 0 bridgehead atoms. The maximum absolute atomic E-state index is 12.5. The normalized spacial score (nSPS) is 12.2. The molecule has 0 aliphatic rings. The second-order valence-electron chi connectivity index (χ2n) is 7.87. The SMILES string of the molecule is CC(=O)C[C@@H](CCCCNC(=O)OC(C)(C)C)C(=O)Nc1ccc(CO)cc1. The summed E-state index contributed by atoms with van der Waals surface area (Å²) in [5.41, 5.74) is 0.850. The number of hydrogen-bond acceptors (Lipinski definition) is 5. The molecule has 0 aromatic heterocycles. The zero-order valence-corrected chi connectivity index (χ0v) is 17.2. The summed E-state index contributed by atoms with van der Waals surface area (Å²) in [6, 6.07) is 6.91. The quantitative estimate of drug-likeness (QED) is 0.529. The molecule has 28 heavy (non-hydrogen) atoms. The van der Waals surface area contributed by atoms with E-state index in [1.54, 1.807) is 45.0 Å². The number of alkyl carbamates (subject to hydrolysis) is 1. The number of nitrogens with one attached hydrogen (secondary N) is 2. The number of Topliss-reactive ketones (excluding diaryl/α,β-unsaturated/α-hetero) is 1. The molecule has 1 aromatic rings. The van der Waals surface area contributed by atoms with Crippen LogP contribution in [0, 0.1) is 5.92 Å². The van der Waals surface area contributed by atoms with Gasteiger partial charge in [-0.3, -0.25) is 4.79 Å². The monoisotopic (exact) mass is 392 g/mol. The number of benzene rings is 1. The number of unbranched alkanes of at least 4 members (excludes halogenated alkanes) is 1. The van der Waals surface area contributed by atoms with E-state index < -0.39 is 17.6 Å². The van der Waals surface area contributed by atoms with E-state index in [1.807, 2.05) is 0 Å². The number of carbonyl (C=O) groups is 3. The van der Waals surface area contributed by atoms with Crippen molar-refractivity contribution in [3.63, 3.8) is 0 Å². The molecule has 156 valence electrons. The summed E-state index contributed by atoms with van der Waals surface area (Å²) in [6.07, 6.45) is 1.66. The molecule has 0 saturated heterocycles. The van der Waals surface area contributed by atoms with Gasteiger partial charge in [0.1, 0.15) is 11.4 Å². The maximum atomic E-state index is 12.5. The molecule has 0 aliphatic heterocycles. The van der Waals surface area contributed by atoms with Crippen LogP contribution in [0.5, 0.6) is 0 Å². The lowest BCUT2D eigenvalue weighted by Gasteiger charge is -2.20. The minimum absolute atomic E-state index is 0.0392. The minimum atomic E-state index is -0.538. The van der Waals surface area contributed by atoms with Gasteiger partial charge in [0.15, 0.2) is 0 Å². The van der Waals surface area contributed by atoms with Crippen molar-refractivity contribution in [1.29, 1.82) is 0 Å². The molecule has 2 amide bonds. The first kappa shape index (κ1) is 23.6. The predicted molar refractivity (Wildman–Crippen MR) is 108 cm³/mol. The van der Waals surface area contributed by atoms with Crippen LogP contribution in [-0.4, -0.2) is 35.0 Å². The fraction of sp³-hybridized carbons (Fsp3) is 0.571. The Kier molecular flexibility index (Phi) is 9.65. The van der Waals surface area contributed by atoms with E-state index in [0.29, 0.717) is 31.5 Å². The second-order valence-corrected chi connectivity index (χ2v) is 7.87. The van der Waals surface area contributed by atoms with Gasteiger partial charge in [0.25, 0.3) is 0 Å². The Morgan fingerprint density at radius 2 is 1.75 bits per heavy atom. The van der Waals surface area contributed by atoms with Crippen molar-refractivity contribution in [1.82, 2.24) is 5.32 Å². The molecule has 0 heterocycles. The lowest BCUT2D eigenvalue weighted by molar-refractivity contribution is -0.125. The zero-order valence-electron chi connectivity index (χ0n) is 17.2. The van der Waals surface area contributed by atoms with Crippen molar-refractivity contribution in [2.45, 2.75) is 65.6 Å². The number of amides is 2. The first-order valence-electron chi connectivity index (χ1n) is 9.57. The summed E-state index contributed by atoms with van der Waals surface area (Å²) in [5.74, 6) is -0.661. The first-order valence-corrected chi connectivity index (χ1v) is 9.57. The van der Waals surface area contributed by atoms with Gasteiger partial charge < -0.3 is 25.3 Å². The van der Waals surface area contributed by atoms with E-state index in [1.165, 1.54) is 6.92 Å². The Bertz CT molecular complexity index is 650. The van der Waals surface area contributed by atoms with E-state index in [9.17, 15) is 14.4 Å². The van der Waals surface area contributed by atoms with Gasteiger partial charge in [-0.2, -0.15) is 0 Å². The summed E-state index contributed by atoms with van der Waals surface area (Å²) in [5, 5.41) is 14.6. The second kappa shape index (κ2) is 11.4. The first-order chi connectivity index (χ1) is 13.1. The fourth-order valence-electron chi connectivity index (χ4n) is 2.63. The molecule has 1 rings (SSSR count). The van der Waals surface area contributed by atoms with Crippen molar-refractivity contribution in [2.24, 2.45) is 5.92 Å². The highest BCUT2D eigenvalue weighted by atomic mass is 16.6. The van der Waals surface area contributed by atoms with E-state index >= 15 is 0 Å². The van der Waals surface area contributed by atoms with E-state index in [2.05, 4.69) is 10.6 Å². The Balaban J connectivity index is 2.45. The molecule has 0 fully saturated rings. The summed E-state index contributed by atoms with van der Waals surface area (Å²) in [7, 11) is 0. The van der Waals surface area contributed by atoms with Crippen molar-refractivity contribution in [3.05, 3.63) is 29.8 Å². The van der Waals surface area contributed by atoms with Gasteiger partial charge in [0.2, 0.25) is 5.91 Å². The topological polar surface area (TPSA) is 105 Å². The van der Waals surface area contributed by atoms with Crippen LogP contribution in [-0.2, 0) is 20.9 Å². The van der Waals surface area contributed by atoms with Crippen LogP contribution in [0.2, 0.25) is 0 Å². The third-order valence-corrected chi connectivity index (χ3v) is 3.96. The molecule has 3 N–H and O–H groups in total. The fourth-order valence-corrected chi connectivity index (χ4v) is 2.63. The smallest absolute Gasteiger partial charge is 0.407 e. The lowest BCUT2D eigenvalue weighted by atomic mass is 9.95. The Hall–Kier alpha value is -2.41. The molecule has 0 unspecified atom stereocenters. The molecule has 0 radical (unpaired) electrons. The van der Waals surface area contributed by atoms with Gasteiger partial charge >= 0.3 is 6.09 Å². The summed E-state index contributed by atoms with van der Waals surface area (Å²) in [6.45, 7) is 7.27. The predicted octanol–water partition coefficient (Wildman–Crippen LogP) is 3.41. The van der Waals surface area contributed by atoms with Gasteiger partial charge in [-0.05, 0) is 58.2 Å². The average molecular weight is 392 g/mol. The van der Waals surface area contributed by atoms with Gasteiger partial charge in [0, 0.05) is 24.6 Å². The minimum Gasteiger partial charge on any atom is -0.444 e. The molecular formula is C21H32N2O5. The molecule has 1 aromatic carbocycles. The molecule has 7 heteroatoms. The van der Waals surface area contributed by atoms with Gasteiger partial charge in [-0.1, -0.05) is 18.6 Å². The molecular weight excluding hydrogens is 360 g/mol. The number of rotatable bonds is 10. The summed E-state index contributed by atoms with van der Waals surface area (Å²) < 4.78 is 5.16. The van der Waals surface area contributed by atoms with Crippen LogP contribution in [0.15, 0.2) is 24.3 Å². The molecule has 7 nitrogen and oxygen atoms in total. The van der Waals surface area contributed by atoms with Crippen molar-refractivity contribution < 1.29 is 24.2 Å². The largest absolute Gasteiger partial charge is 0.444 e. The van der Waals surface area contributed by atoms with E-state index in [4.69, 9.17) is 9.84 Å². The highest BCUT2D eigenvalue weighted by Gasteiger charge is 2.20. The number of aliphatic hydroxyl groups is 1. The highest BCUT2D eigenvalue weighted by Crippen LogP contribution is 2.18. The van der Waals surface area contributed by atoms with Gasteiger partial charge in [-0.15, -0.1) is 0 Å². The van der Waals surface area contributed by atoms with Gasteiger partial charge in [-0.25, -0.2) is 4.79 Å². The van der Waals surface area contributed by atoms with Crippen molar-refractivity contribution in [3.8, 4) is 0 Å². The number of aliphatic hydroxyl groups excluding tert-OH is 1. The van der Waals surface area contributed by atoms with E-state index in [0.717, 1.165) is 5.56 Å². The third-order valence-electron chi connectivity index (χ3n) is 3.96. The Morgan fingerprint density at radius 3 is 2.29 bits per heavy atom. The molecule has 0 saturated carbocycles. The molecule has 0 aliphatic carbocycles. The average Bonchev–Trinajstić information content (AvgIpc) is 2.59. The Labute approximate surface area is 166 Å². The van der Waals surface area contributed by atoms with Crippen molar-refractivity contribution >= 4 is 23.5 Å². The maximum Gasteiger partial charge on any atom is 0.407 e. The van der Waals surface area contributed by atoms with Crippen molar-refractivity contribution in [2.75, 3.05) is 11.9 Å². The standard InChI is InChI=1S/C21H32N2O5/c1-15(25)13-17(7-5-6-12-22-20(27)28-21(2,3)4)19(26)23-18-10-8-16(14-24)9-11-18/h8-11,17,24H,5-7,12-14H2,1-4H3,(H,22,27)(H,23,26)/t17-/m1/s1. The van der Waals surface area contributed by atoms with Crippen LogP contribution in [0.25, 0.3) is 0 Å². The van der Waals surface area contributed by atoms with E-state index in [-0.39, 0.29) is 24.7 Å². The van der Waals surface area contributed by atoms with Crippen LogP contribution >= 0.6 is 0 Å². The van der Waals surface area contributed by atoms with Gasteiger partial charge in [0.05, 0.1) is 6.61 Å². The third kappa shape index (κ3) is 10.1. The Morgan fingerprint density at radius 1 is 1.11 bits per heavy atom. The lowest BCUT2D eigenvalue weighted by Crippen LogP contribution is -2.33. The molecule has 0 spiro atoms. The summed E-state index contributed by atoms with van der Waals surface area (Å²) in [4.78, 5) is 35.7. The number of carbonyl (C=O) groups excluding carboxylic acids is 3. The molecule has 1 atom stereocenters. The number of ketones is 1. The van der Waals surface area contributed by atoms with Crippen LogP contribution in [0.1, 0.15) is 58.9 Å². The van der Waals surface area contributed by atoms with Crippen LogP contribution in [0.3, 0.4) is 0 Å². The highest BCUT2D eigenvalue weighted by molar-refractivity contribution is 5.95. The van der Waals surface area contributed by atoms with Crippen LogP contribution < -0.4 is 10.6 Å². The zero-order chi connectivity index (χ0) is 21.2. The number of ether oxygens (including phenoxy) is 1.